The molecule has 0 radical (unpaired) electrons. The molecule has 5 rings (SSSR count). The highest BCUT2D eigenvalue weighted by atomic mass is 16.1. The SMILES string of the molecule is O=c1[nH]c2ccccc2n1CCCN1CCN(Cc2ccccc2)CC1Cc1ccccc1. The van der Waals surface area contributed by atoms with E-state index in [0.717, 1.165) is 63.1 Å². The van der Waals surface area contributed by atoms with Gasteiger partial charge in [-0.15, -0.1) is 0 Å². The Kier molecular flexibility index (Phi) is 6.70. The van der Waals surface area contributed by atoms with Gasteiger partial charge < -0.3 is 4.98 Å². The Balaban J connectivity index is 1.25. The van der Waals surface area contributed by atoms with Crippen molar-refractivity contribution in [3.8, 4) is 0 Å². The summed E-state index contributed by atoms with van der Waals surface area (Å²) in [5.74, 6) is 0. The number of aromatic amines is 1. The molecular formula is C28H32N4O. The van der Waals surface area contributed by atoms with Crippen LogP contribution in [0.4, 0.5) is 0 Å². The van der Waals surface area contributed by atoms with Crippen molar-refractivity contribution in [1.29, 1.82) is 0 Å². The maximum Gasteiger partial charge on any atom is 0.326 e. The maximum absolute atomic E-state index is 12.4. The molecule has 5 heteroatoms. The lowest BCUT2D eigenvalue weighted by molar-refractivity contribution is 0.0681. The van der Waals surface area contributed by atoms with Crippen molar-refractivity contribution < 1.29 is 0 Å². The smallest absolute Gasteiger partial charge is 0.306 e. The van der Waals surface area contributed by atoms with E-state index in [1.54, 1.807) is 0 Å². The lowest BCUT2D eigenvalue weighted by Gasteiger charge is -2.42. The van der Waals surface area contributed by atoms with E-state index < -0.39 is 0 Å². The Labute approximate surface area is 195 Å². The summed E-state index contributed by atoms with van der Waals surface area (Å²) in [5.41, 5.74) is 4.67. The minimum absolute atomic E-state index is 0.00952. The highest BCUT2D eigenvalue weighted by Crippen LogP contribution is 2.18. The third-order valence-corrected chi connectivity index (χ3v) is 6.76. The van der Waals surface area contributed by atoms with Crippen LogP contribution in [0.1, 0.15) is 17.5 Å². The minimum atomic E-state index is -0.00952. The van der Waals surface area contributed by atoms with Gasteiger partial charge in [-0.3, -0.25) is 14.4 Å². The van der Waals surface area contributed by atoms with Gasteiger partial charge in [0.25, 0.3) is 0 Å². The van der Waals surface area contributed by atoms with Crippen LogP contribution in [0.25, 0.3) is 11.0 Å². The molecule has 3 aromatic carbocycles. The number of aryl methyl sites for hydroxylation is 1. The van der Waals surface area contributed by atoms with E-state index in [-0.39, 0.29) is 5.69 Å². The van der Waals surface area contributed by atoms with Crippen LogP contribution >= 0.6 is 0 Å². The fourth-order valence-corrected chi connectivity index (χ4v) is 5.08. The zero-order chi connectivity index (χ0) is 22.5. The van der Waals surface area contributed by atoms with E-state index in [2.05, 4.69) is 75.4 Å². The highest BCUT2D eigenvalue weighted by Gasteiger charge is 2.27. The van der Waals surface area contributed by atoms with Gasteiger partial charge in [0.2, 0.25) is 0 Å². The van der Waals surface area contributed by atoms with E-state index in [1.165, 1.54) is 11.1 Å². The Bertz CT molecular complexity index is 1210. The number of nitrogens with one attached hydrogen (secondary N) is 1. The predicted molar refractivity (Wildman–Crippen MR) is 134 cm³/mol. The van der Waals surface area contributed by atoms with E-state index in [4.69, 9.17) is 0 Å². The molecule has 4 aromatic rings. The number of para-hydroxylation sites is 2. The van der Waals surface area contributed by atoms with Gasteiger partial charge in [-0.25, -0.2) is 4.79 Å². The summed E-state index contributed by atoms with van der Waals surface area (Å²) in [4.78, 5) is 20.6. The molecule has 1 aromatic heterocycles. The summed E-state index contributed by atoms with van der Waals surface area (Å²) < 4.78 is 1.88. The molecule has 0 saturated carbocycles. The Morgan fingerprint density at radius 3 is 2.27 bits per heavy atom. The second-order valence-corrected chi connectivity index (χ2v) is 9.05. The lowest BCUT2D eigenvalue weighted by atomic mass is 10.0. The van der Waals surface area contributed by atoms with Crippen LogP contribution in [-0.4, -0.2) is 51.6 Å². The number of imidazole rings is 1. The summed E-state index contributed by atoms with van der Waals surface area (Å²) in [5, 5.41) is 0. The number of aromatic nitrogens is 2. The summed E-state index contributed by atoms with van der Waals surface area (Å²) in [7, 11) is 0. The number of benzene rings is 3. The first-order valence-corrected chi connectivity index (χ1v) is 12.0. The lowest BCUT2D eigenvalue weighted by Crippen LogP contribution is -2.53. The average Bonchev–Trinajstić information content (AvgIpc) is 3.17. The van der Waals surface area contributed by atoms with Gasteiger partial charge in [0.05, 0.1) is 11.0 Å². The molecule has 0 spiro atoms. The molecule has 1 aliphatic heterocycles. The van der Waals surface area contributed by atoms with Crippen molar-refractivity contribution in [2.24, 2.45) is 0 Å². The van der Waals surface area contributed by atoms with E-state index >= 15 is 0 Å². The number of hydrogen-bond donors (Lipinski definition) is 1. The topological polar surface area (TPSA) is 44.3 Å². The number of hydrogen-bond acceptors (Lipinski definition) is 3. The van der Waals surface area contributed by atoms with Gasteiger partial charge in [0, 0.05) is 45.3 Å². The highest BCUT2D eigenvalue weighted by molar-refractivity contribution is 5.74. The second kappa shape index (κ2) is 10.2. The Morgan fingerprint density at radius 1 is 0.788 bits per heavy atom. The third kappa shape index (κ3) is 5.27. The van der Waals surface area contributed by atoms with Gasteiger partial charge in [-0.2, -0.15) is 0 Å². The minimum Gasteiger partial charge on any atom is -0.306 e. The standard InChI is InChI=1S/C28H32N4O/c33-28-29-26-14-7-8-15-27(26)32(28)17-9-16-31-19-18-30(21-24-12-5-2-6-13-24)22-25(31)20-23-10-3-1-4-11-23/h1-8,10-15,25H,9,16-22H2,(H,29,33). The zero-order valence-electron chi connectivity index (χ0n) is 19.1. The summed E-state index contributed by atoms with van der Waals surface area (Å²) in [6.07, 6.45) is 2.02. The van der Waals surface area contributed by atoms with Crippen LogP contribution in [0.3, 0.4) is 0 Å². The van der Waals surface area contributed by atoms with Crippen molar-refractivity contribution in [3.63, 3.8) is 0 Å². The van der Waals surface area contributed by atoms with Gasteiger partial charge >= 0.3 is 5.69 Å². The molecule has 2 heterocycles. The maximum atomic E-state index is 12.4. The normalized spacial score (nSPS) is 17.5. The summed E-state index contributed by atoms with van der Waals surface area (Å²) in [6, 6.07) is 30.0. The molecule has 1 atom stereocenters. The molecule has 1 aliphatic rings. The number of rotatable bonds is 8. The Morgan fingerprint density at radius 2 is 1.48 bits per heavy atom. The molecule has 0 amide bonds. The van der Waals surface area contributed by atoms with Crippen LogP contribution in [0.2, 0.25) is 0 Å². The molecule has 5 nitrogen and oxygen atoms in total. The number of H-pyrrole nitrogens is 1. The predicted octanol–water partition coefficient (Wildman–Crippen LogP) is 4.15. The monoisotopic (exact) mass is 440 g/mol. The average molecular weight is 441 g/mol. The van der Waals surface area contributed by atoms with Crippen LogP contribution in [0.15, 0.2) is 89.7 Å². The van der Waals surface area contributed by atoms with Gasteiger partial charge in [-0.1, -0.05) is 72.8 Å². The number of fused-ring (bicyclic) bond motifs is 1. The number of nitrogens with zero attached hydrogens (tertiary/aromatic N) is 3. The van der Waals surface area contributed by atoms with Gasteiger partial charge in [0.15, 0.2) is 0 Å². The molecule has 1 saturated heterocycles. The van der Waals surface area contributed by atoms with E-state index in [1.807, 2.05) is 28.8 Å². The van der Waals surface area contributed by atoms with E-state index in [0.29, 0.717) is 6.04 Å². The largest absolute Gasteiger partial charge is 0.326 e. The molecule has 170 valence electrons. The van der Waals surface area contributed by atoms with Crippen LogP contribution < -0.4 is 5.69 Å². The summed E-state index contributed by atoms with van der Waals surface area (Å²) >= 11 is 0. The van der Waals surface area contributed by atoms with Gasteiger partial charge in [-0.05, 0) is 36.1 Å². The zero-order valence-corrected chi connectivity index (χ0v) is 19.1. The quantitative estimate of drug-likeness (QED) is 0.448. The first-order valence-electron chi connectivity index (χ1n) is 12.0. The van der Waals surface area contributed by atoms with Crippen molar-refractivity contribution >= 4 is 11.0 Å². The van der Waals surface area contributed by atoms with Gasteiger partial charge in [0.1, 0.15) is 0 Å². The Hall–Kier alpha value is -3.15. The second-order valence-electron chi connectivity index (χ2n) is 9.05. The number of piperazine rings is 1. The first kappa shape index (κ1) is 21.7. The molecule has 1 unspecified atom stereocenters. The van der Waals surface area contributed by atoms with Crippen molar-refractivity contribution in [2.45, 2.75) is 32.0 Å². The summed E-state index contributed by atoms with van der Waals surface area (Å²) in [6.45, 7) is 5.95. The van der Waals surface area contributed by atoms with Crippen LogP contribution in [0.5, 0.6) is 0 Å². The van der Waals surface area contributed by atoms with Crippen LogP contribution in [0, 0.1) is 0 Å². The molecule has 0 bridgehead atoms. The first-order chi connectivity index (χ1) is 16.3. The van der Waals surface area contributed by atoms with Crippen molar-refractivity contribution in [2.75, 3.05) is 26.2 Å². The fourth-order valence-electron chi connectivity index (χ4n) is 5.08. The molecule has 33 heavy (non-hydrogen) atoms. The van der Waals surface area contributed by atoms with Crippen molar-refractivity contribution in [1.82, 2.24) is 19.4 Å². The fraction of sp³-hybridized carbons (Fsp3) is 0.321. The van der Waals surface area contributed by atoms with Crippen LogP contribution in [-0.2, 0) is 19.5 Å². The molecule has 1 N–H and O–H groups in total. The molecule has 0 aliphatic carbocycles. The molecular weight excluding hydrogens is 408 g/mol. The third-order valence-electron chi connectivity index (χ3n) is 6.76. The molecule has 1 fully saturated rings. The van der Waals surface area contributed by atoms with Crippen molar-refractivity contribution in [3.05, 3.63) is 107 Å². The van der Waals surface area contributed by atoms with E-state index in [9.17, 15) is 4.79 Å².